The van der Waals surface area contributed by atoms with E-state index in [0.717, 1.165) is 30.0 Å². The van der Waals surface area contributed by atoms with Crippen LogP contribution >= 0.6 is 11.6 Å². The summed E-state index contributed by atoms with van der Waals surface area (Å²) in [5.41, 5.74) is 4.17. The Hall–Kier alpha value is -1.40. The first kappa shape index (κ1) is 23.7. The van der Waals surface area contributed by atoms with Crippen LogP contribution in [0.2, 0.25) is 5.02 Å². The minimum atomic E-state index is -0.963. The van der Waals surface area contributed by atoms with Crippen molar-refractivity contribution >= 4 is 22.6 Å². The Morgan fingerprint density at radius 2 is 2.03 bits per heavy atom. The van der Waals surface area contributed by atoms with E-state index in [1.54, 1.807) is 0 Å². The number of fused-ring (bicyclic) bond motifs is 1. The van der Waals surface area contributed by atoms with Gasteiger partial charge in [0, 0.05) is 29.3 Å². The summed E-state index contributed by atoms with van der Waals surface area (Å²) in [6, 6.07) is 15.5. The first-order chi connectivity index (χ1) is 15.6. The number of halogens is 1. The van der Waals surface area contributed by atoms with Gasteiger partial charge in [0.2, 0.25) is 0 Å². The molecule has 2 aromatic carbocycles. The molecule has 1 aliphatic heterocycles. The van der Waals surface area contributed by atoms with E-state index in [4.69, 9.17) is 16.3 Å². The van der Waals surface area contributed by atoms with Crippen molar-refractivity contribution in [2.45, 2.75) is 57.4 Å². The van der Waals surface area contributed by atoms with Gasteiger partial charge in [-0.05, 0) is 92.6 Å². The van der Waals surface area contributed by atoms with E-state index in [0.29, 0.717) is 30.9 Å². The highest BCUT2D eigenvalue weighted by Gasteiger charge is 2.35. The number of aryl methyl sites for hydroxylation is 1. The lowest BCUT2D eigenvalue weighted by atomic mass is 9.75. The number of ether oxygens (including phenoxy) is 1. The van der Waals surface area contributed by atoms with Crippen molar-refractivity contribution < 1.29 is 8.95 Å². The number of nitrogens with zero attached hydrogens (tertiary/aromatic N) is 1. The van der Waals surface area contributed by atoms with E-state index in [-0.39, 0.29) is 0 Å². The molecular formula is C26H35ClN2O2S. The number of hydrogen-bond donors (Lipinski definition) is 1. The predicted octanol–water partition coefficient (Wildman–Crippen LogP) is 5.12. The molecule has 32 heavy (non-hydrogen) atoms. The van der Waals surface area contributed by atoms with Crippen LogP contribution in [0.3, 0.4) is 0 Å². The average Bonchev–Trinajstić information content (AvgIpc) is 3.32. The molecule has 2 aliphatic rings. The maximum atomic E-state index is 11.8. The van der Waals surface area contributed by atoms with Gasteiger partial charge in [-0.3, -0.25) is 4.90 Å². The zero-order valence-corrected chi connectivity index (χ0v) is 20.6. The quantitative estimate of drug-likeness (QED) is 0.486. The topological polar surface area (TPSA) is 41.6 Å². The molecule has 0 aromatic heterocycles. The summed E-state index contributed by atoms with van der Waals surface area (Å²) >= 11 is 6.31. The largest absolute Gasteiger partial charge is 0.492 e. The van der Waals surface area contributed by atoms with Gasteiger partial charge < -0.3 is 4.74 Å². The number of benzene rings is 2. The van der Waals surface area contributed by atoms with Gasteiger partial charge in [-0.1, -0.05) is 36.7 Å². The zero-order chi connectivity index (χ0) is 22.3. The molecule has 1 fully saturated rings. The summed E-state index contributed by atoms with van der Waals surface area (Å²) in [5.74, 6) is 2.03. The lowest BCUT2D eigenvalue weighted by Gasteiger charge is -2.39. The smallest absolute Gasteiger partial charge is 0.119 e. The van der Waals surface area contributed by atoms with Crippen LogP contribution in [0.1, 0.15) is 55.2 Å². The van der Waals surface area contributed by atoms with Gasteiger partial charge in [-0.25, -0.2) is 8.93 Å². The van der Waals surface area contributed by atoms with Gasteiger partial charge in [-0.15, -0.1) is 0 Å². The van der Waals surface area contributed by atoms with Crippen LogP contribution in [0, 0.1) is 0 Å². The van der Waals surface area contributed by atoms with Gasteiger partial charge >= 0.3 is 0 Å². The molecule has 3 atom stereocenters. The summed E-state index contributed by atoms with van der Waals surface area (Å²) in [6.07, 6.45) is 6.87. The molecular weight excluding hydrogens is 440 g/mol. The van der Waals surface area contributed by atoms with Crippen molar-refractivity contribution in [3.63, 3.8) is 0 Å². The summed E-state index contributed by atoms with van der Waals surface area (Å²) in [5, 5.41) is 0.807. The molecule has 4 nitrogen and oxygen atoms in total. The second kappa shape index (κ2) is 11.6. The molecule has 1 aliphatic carbocycles. The molecule has 1 N–H and O–H groups in total. The van der Waals surface area contributed by atoms with Gasteiger partial charge in [0.1, 0.15) is 12.4 Å². The second-order valence-corrected chi connectivity index (χ2v) is 10.8. The molecule has 0 bridgehead atoms. The predicted molar refractivity (Wildman–Crippen MR) is 134 cm³/mol. The van der Waals surface area contributed by atoms with Crippen LogP contribution in [0.15, 0.2) is 42.5 Å². The van der Waals surface area contributed by atoms with E-state index >= 15 is 0 Å². The normalized spacial score (nSPS) is 21.9. The van der Waals surface area contributed by atoms with Crippen LogP contribution < -0.4 is 9.46 Å². The maximum Gasteiger partial charge on any atom is 0.119 e. The van der Waals surface area contributed by atoms with Crippen LogP contribution in [-0.2, 0) is 23.8 Å². The van der Waals surface area contributed by atoms with Crippen LogP contribution in [-0.4, -0.2) is 47.1 Å². The summed E-state index contributed by atoms with van der Waals surface area (Å²) in [6.45, 7) is 5.57. The first-order valence-electron chi connectivity index (χ1n) is 12.0. The van der Waals surface area contributed by atoms with E-state index in [2.05, 4.69) is 46.0 Å². The van der Waals surface area contributed by atoms with Gasteiger partial charge in [0.15, 0.2) is 0 Å². The van der Waals surface area contributed by atoms with E-state index < -0.39 is 11.0 Å². The molecule has 6 heteroatoms. The number of nitrogens with one attached hydrogen (secondary N) is 1. The van der Waals surface area contributed by atoms with Crippen LogP contribution in [0.25, 0.3) is 0 Å². The third-order valence-electron chi connectivity index (χ3n) is 6.67. The Balaban J connectivity index is 1.51. The molecule has 0 saturated carbocycles. The van der Waals surface area contributed by atoms with Crippen molar-refractivity contribution in [2.24, 2.45) is 0 Å². The Kier molecular flexibility index (Phi) is 8.64. The van der Waals surface area contributed by atoms with Crippen molar-refractivity contribution in [3.05, 3.63) is 64.2 Å². The number of likely N-dealkylation sites (tertiary alicyclic amines) is 1. The standard InChI is InChI=1S/C26H35ClN2O2S/c1-2-16-32(30)28-12-15-31-23-10-8-21-9-11-26(29-13-3-4-14-29)25(24(21)19-23)18-20-6-5-7-22(27)17-20/h5-8,10,17,19,25-26,28H,2-4,9,11-16,18H2,1H3. The summed E-state index contributed by atoms with van der Waals surface area (Å²) < 4.78 is 20.9. The lowest BCUT2D eigenvalue weighted by molar-refractivity contribution is 0.188. The fourth-order valence-electron chi connectivity index (χ4n) is 5.20. The van der Waals surface area contributed by atoms with Gasteiger partial charge in [0.05, 0.1) is 11.0 Å². The van der Waals surface area contributed by atoms with E-state index in [9.17, 15) is 4.21 Å². The van der Waals surface area contributed by atoms with Gasteiger partial charge in [-0.2, -0.15) is 0 Å². The lowest BCUT2D eigenvalue weighted by Crippen LogP contribution is -2.41. The fourth-order valence-corrected chi connectivity index (χ4v) is 6.24. The molecule has 1 saturated heterocycles. The second-order valence-electron chi connectivity index (χ2n) is 8.94. The Morgan fingerprint density at radius 1 is 1.19 bits per heavy atom. The summed E-state index contributed by atoms with van der Waals surface area (Å²) in [7, 11) is -0.963. The highest BCUT2D eigenvalue weighted by molar-refractivity contribution is 7.83. The Morgan fingerprint density at radius 3 is 2.81 bits per heavy atom. The molecule has 3 unspecified atom stereocenters. The molecule has 2 aromatic rings. The minimum Gasteiger partial charge on any atom is -0.492 e. The van der Waals surface area contributed by atoms with E-state index in [1.807, 2.05) is 13.0 Å². The van der Waals surface area contributed by atoms with Crippen molar-refractivity contribution in [1.82, 2.24) is 9.62 Å². The highest BCUT2D eigenvalue weighted by Crippen LogP contribution is 2.40. The number of rotatable bonds is 10. The van der Waals surface area contributed by atoms with Gasteiger partial charge in [0.25, 0.3) is 0 Å². The van der Waals surface area contributed by atoms with Crippen LogP contribution in [0.4, 0.5) is 0 Å². The van der Waals surface area contributed by atoms with Crippen molar-refractivity contribution in [1.29, 1.82) is 0 Å². The molecule has 0 spiro atoms. The van der Waals surface area contributed by atoms with E-state index in [1.165, 1.54) is 49.0 Å². The first-order valence-corrected chi connectivity index (χ1v) is 13.7. The molecule has 4 rings (SSSR count). The Labute approximate surface area is 200 Å². The average molecular weight is 475 g/mol. The Bertz CT molecular complexity index is 916. The molecule has 0 radical (unpaired) electrons. The molecule has 1 heterocycles. The minimum absolute atomic E-state index is 0.439. The van der Waals surface area contributed by atoms with Crippen molar-refractivity contribution in [3.8, 4) is 5.75 Å². The monoisotopic (exact) mass is 474 g/mol. The maximum absolute atomic E-state index is 11.8. The third kappa shape index (κ3) is 6.13. The molecule has 0 amide bonds. The molecule has 174 valence electrons. The zero-order valence-electron chi connectivity index (χ0n) is 19.0. The van der Waals surface area contributed by atoms with Crippen LogP contribution in [0.5, 0.6) is 5.75 Å². The van der Waals surface area contributed by atoms with Crippen molar-refractivity contribution in [2.75, 3.05) is 32.0 Å². The SMILES string of the molecule is CCCS(=O)NCCOc1ccc2c(c1)C(Cc1cccc(Cl)c1)C(N1CCCC1)CC2. The third-order valence-corrected chi connectivity index (χ3v) is 8.21. The highest BCUT2D eigenvalue weighted by atomic mass is 35.5. The number of hydrogen-bond acceptors (Lipinski definition) is 3. The fraction of sp³-hybridized carbons (Fsp3) is 0.538. The summed E-state index contributed by atoms with van der Waals surface area (Å²) in [4.78, 5) is 2.71.